The molecular weight excluding hydrogens is 294 g/mol. The number of aromatic carboxylic acids is 1. The molecule has 1 heterocycles. The van der Waals surface area contributed by atoms with E-state index in [1.165, 1.54) is 7.11 Å². The Hall–Kier alpha value is -2.12. The first-order chi connectivity index (χ1) is 10.1. The molecule has 0 aliphatic rings. The number of carbonyl (C=O) groups is 1. The van der Waals surface area contributed by atoms with Gasteiger partial charge in [-0.3, -0.25) is 0 Å². The lowest BCUT2D eigenvalue weighted by atomic mass is 10.2. The van der Waals surface area contributed by atoms with Gasteiger partial charge in [0.2, 0.25) is 0 Å². The van der Waals surface area contributed by atoms with Gasteiger partial charge in [0.1, 0.15) is 21.4 Å². The van der Waals surface area contributed by atoms with Crippen LogP contribution in [0.5, 0.6) is 11.5 Å². The van der Waals surface area contributed by atoms with Crippen LogP contribution in [0.15, 0.2) is 18.2 Å². The van der Waals surface area contributed by atoms with Gasteiger partial charge >= 0.3 is 5.97 Å². The van der Waals surface area contributed by atoms with Crippen molar-refractivity contribution < 1.29 is 24.1 Å². The maximum atomic E-state index is 11.3. The maximum Gasteiger partial charge on any atom is 0.347 e. The van der Waals surface area contributed by atoms with E-state index in [4.69, 9.17) is 14.2 Å². The molecule has 0 fully saturated rings. The van der Waals surface area contributed by atoms with E-state index < -0.39 is 5.97 Å². The fourth-order valence-electron chi connectivity index (χ4n) is 1.84. The van der Waals surface area contributed by atoms with Crippen LogP contribution in [-0.2, 0) is 11.3 Å². The van der Waals surface area contributed by atoms with E-state index in [1.807, 2.05) is 0 Å². The van der Waals surface area contributed by atoms with Crippen molar-refractivity contribution in [1.82, 2.24) is 4.98 Å². The zero-order valence-corrected chi connectivity index (χ0v) is 12.7. The largest absolute Gasteiger partial charge is 0.497 e. The molecule has 1 aromatic carbocycles. The van der Waals surface area contributed by atoms with Crippen molar-refractivity contribution in [3.8, 4) is 22.1 Å². The van der Waals surface area contributed by atoms with Crippen LogP contribution >= 0.6 is 11.3 Å². The van der Waals surface area contributed by atoms with Crippen LogP contribution in [0.25, 0.3) is 10.6 Å². The summed E-state index contributed by atoms with van der Waals surface area (Å²) in [6.07, 6.45) is 0. The second kappa shape index (κ2) is 6.55. The van der Waals surface area contributed by atoms with Crippen LogP contribution in [-0.4, -0.2) is 37.4 Å². The quantitative estimate of drug-likeness (QED) is 0.884. The summed E-state index contributed by atoms with van der Waals surface area (Å²) in [6, 6.07) is 5.29. The number of ether oxygens (including phenoxy) is 3. The third-order valence-corrected chi connectivity index (χ3v) is 3.93. The van der Waals surface area contributed by atoms with Crippen molar-refractivity contribution in [2.24, 2.45) is 0 Å². The molecule has 0 amide bonds. The number of carboxylic acids is 1. The predicted octanol–water partition coefficient (Wildman–Crippen LogP) is 2.67. The Morgan fingerprint density at radius 1 is 1.29 bits per heavy atom. The Kier molecular flexibility index (Phi) is 4.77. The lowest BCUT2D eigenvalue weighted by molar-refractivity contribution is 0.0697. The summed E-state index contributed by atoms with van der Waals surface area (Å²) in [5, 5.41) is 9.79. The summed E-state index contributed by atoms with van der Waals surface area (Å²) in [6.45, 7) is 0.149. The molecule has 0 aliphatic heterocycles. The number of hydrogen-bond donors (Lipinski definition) is 1. The maximum absolute atomic E-state index is 11.3. The van der Waals surface area contributed by atoms with Gasteiger partial charge in [0.05, 0.1) is 32.1 Å². The van der Waals surface area contributed by atoms with Crippen LogP contribution in [0.1, 0.15) is 15.4 Å². The second-order valence-electron chi connectivity index (χ2n) is 4.10. The smallest absolute Gasteiger partial charge is 0.347 e. The highest BCUT2D eigenvalue weighted by Gasteiger charge is 2.20. The highest BCUT2D eigenvalue weighted by molar-refractivity contribution is 7.17. The van der Waals surface area contributed by atoms with Gasteiger partial charge in [-0.25, -0.2) is 9.78 Å². The van der Waals surface area contributed by atoms with Crippen LogP contribution < -0.4 is 9.47 Å². The number of nitrogens with zero attached hydrogens (tertiary/aromatic N) is 1. The molecule has 0 unspecified atom stereocenters. The van der Waals surface area contributed by atoms with E-state index >= 15 is 0 Å². The van der Waals surface area contributed by atoms with Crippen molar-refractivity contribution >= 4 is 17.3 Å². The highest BCUT2D eigenvalue weighted by atomic mass is 32.1. The van der Waals surface area contributed by atoms with Gasteiger partial charge in [0.25, 0.3) is 0 Å². The Labute approximate surface area is 125 Å². The minimum absolute atomic E-state index is 0.149. The lowest BCUT2D eigenvalue weighted by Gasteiger charge is -2.08. The van der Waals surface area contributed by atoms with Crippen molar-refractivity contribution in [3.63, 3.8) is 0 Å². The molecule has 0 atom stereocenters. The minimum Gasteiger partial charge on any atom is -0.497 e. The number of benzene rings is 1. The lowest BCUT2D eigenvalue weighted by Crippen LogP contribution is -1.99. The van der Waals surface area contributed by atoms with E-state index in [1.54, 1.807) is 32.4 Å². The molecule has 0 radical (unpaired) electrons. The molecule has 0 bridgehead atoms. The number of hydrogen-bond acceptors (Lipinski definition) is 6. The van der Waals surface area contributed by atoms with Gasteiger partial charge in [-0.2, -0.15) is 0 Å². The first kappa shape index (κ1) is 15.3. The van der Waals surface area contributed by atoms with Crippen molar-refractivity contribution in [3.05, 3.63) is 28.8 Å². The molecule has 2 aromatic rings. The Bertz CT molecular complexity index is 653. The number of aromatic nitrogens is 1. The molecule has 2 rings (SSSR count). The van der Waals surface area contributed by atoms with Gasteiger partial charge in [0.15, 0.2) is 0 Å². The monoisotopic (exact) mass is 309 g/mol. The molecule has 6 nitrogen and oxygen atoms in total. The summed E-state index contributed by atoms with van der Waals surface area (Å²) in [7, 11) is 4.61. The molecule has 0 spiro atoms. The van der Waals surface area contributed by atoms with E-state index in [0.29, 0.717) is 27.8 Å². The van der Waals surface area contributed by atoms with Crippen LogP contribution in [0, 0.1) is 0 Å². The van der Waals surface area contributed by atoms with Crippen molar-refractivity contribution in [2.45, 2.75) is 6.61 Å². The minimum atomic E-state index is -1.02. The molecule has 1 N–H and O–H groups in total. The molecule has 21 heavy (non-hydrogen) atoms. The molecule has 112 valence electrons. The zero-order chi connectivity index (χ0) is 15.4. The predicted molar refractivity (Wildman–Crippen MR) is 78.3 cm³/mol. The van der Waals surface area contributed by atoms with Crippen molar-refractivity contribution in [2.75, 3.05) is 21.3 Å². The fraction of sp³-hybridized carbons (Fsp3) is 0.286. The molecule has 0 saturated heterocycles. The summed E-state index contributed by atoms with van der Waals surface area (Å²) in [5.74, 6) is 0.213. The van der Waals surface area contributed by atoms with Gasteiger partial charge in [-0.05, 0) is 12.1 Å². The zero-order valence-electron chi connectivity index (χ0n) is 11.9. The van der Waals surface area contributed by atoms with Gasteiger partial charge in [-0.15, -0.1) is 11.3 Å². The molecule has 0 aliphatic carbocycles. The number of rotatable bonds is 6. The topological polar surface area (TPSA) is 77.9 Å². The van der Waals surface area contributed by atoms with Gasteiger partial charge < -0.3 is 19.3 Å². The molecular formula is C14H15NO5S. The number of thiazole rings is 1. The second-order valence-corrected chi connectivity index (χ2v) is 5.10. The summed E-state index contributed by atoms with van der Waals surface area (Å²) >= 11 is 1.09. The van der Waals surface area contributed by atoms with E-state index in [0.717, 1.165) is 11.3 Å². The third kappa shape index (κ3) is 3.14. The molecule has 7 heteroatoms. The van der Waals surface area contributed by atoms with Crippen molar-refractivity contribution in [1.29, 1.82) is 0 Å². The summed E-state index contributed by atoms with van der Waals surface area (Å²) in [5.41, 5.74) is 1.12. The average Bonchev–Trinajstić information content (AvgIpc) is 2.91. The van der Waals surface area contributed by atoms with Gasteiger partial charge in [0, 0.05) is 13.2 Å². The van der Waals surface area contributed by atoms with Crippen LogP contribution in [0.2, 0.25) is 0 Å². The highest BCUT2D eigenvalue weighted by Crippen LogP contribution is 2.36. The normalized spacial score (nSPS) is 10.4. The van der Waals surface area contributed by atoms with Gasteiger partial charge in [-0.1, -0.05) is 0 Å². The first-order valence-corrected chi connectivity index (χ1v) is 6.86. The van der Waals surface area contributed by atoms with E-state index in [9.17, 15) is 9.90 Å². The molecule has 0 saturated carbocycles. The Balaban J connectivity index is 2.51. The molecule has 1 aromatic heterocycles. The summed E-state index contributed by atoms with van der Waals surface area (Å²) in [4.78, 5) is 15.8. The first-order valence-electron chi connectivity index (χ1n) is 6.05. The van der Waals surface area contributed by atoms with Crippen LogP contribution in [0.4, 0.5) is 0 Å². The summed E-state index contributed by atoms with van der Waals surface area (Å²) < 4.78 is 15.5. The SMILES string of the molecule is COCc1nc(-c2ccc(OC)cc2OC)sc1C(=O)O. The standard InChI is InChI=1S/C14H15NO5S/c1-18-7-10-12(14(16)17)21-13(15-10)9-5-4-8(19-2)6-11(9)20-3/h4-6H,7H2,1-3H3,(H,16,17). The Morgan fingerprint density at radius 3 is 2.62 bits per heavy atom. The number of carboxylic acid groups (broad SMARTS) is 1. The fourth-order valence-corrected chi connectivity index (χ4v) is 2.78. The Morgan fingerprint density at radius 2 is 2.05 bits per heavy atom. The van der Waals surface area contributed by atoms with Crippen LogP contribution in [0.3, 0.4) is 0 Å². The van der Waals surface area contributed by atoms with E-state index in [-0.39, 0.29) is 11.5 Å². The average molecular weight is 309 g/mol. The third-order valence-electron chi connectivity index (χ3n) is 2.81. The van der Waals surface area contributed by atoms with E-state index in [2.05, 4.69) is 4.98 Å². The number of methoxy groups -OCH3 is 3.